The van der Waals surface area contributed by atoms with Gasteiger partial charge in [-0.25, -0.2) is 0 Å². The molecular weight excluding hydrogens is 224 g/mol. The zero-order valence-electron chi connectivity index (χ0n) is 10.4. The quantitative estimate of drug-likeness (QED) is 0.890. The van der Waals surface area contributed by atoms with Gasteiger partial charge in [-0.15, -0.1) is 0 Å². The summed E-state index contributed by atoms with van der Waals surface area (Å²) in [5.41, 5.74) is 0.938. The topological polar surface area (TPSA) is 29.5 Å². The van der Waals surface area contributed by atoms with Gasteiger partial charge in [-0.2, -0.15) is 0 Å². The van der Waals surface area contributed by atoms with E-state index in [0.717, 1.165) is 23.8 Å². The van der Waals surface area contributed by atoms with Crippen LogP contribution in [0.2, 0.25) is 0 Å². The fraction of sp³-hybridized carbons (Fsp3) is 0.375. The maximum absolute atomic E-state index is 10.1. The number of benzene rings is 2. The monoisotopic (exact) mass is 242 g/mol. The van der Waals surface area contributed by atoms with Crippen molar-refractivity contribution in [3.63, 3.8) is 0 Å². The van der Waals surface area contributed by atoms with E-state index in [-0.39, 0.29) is 0 Å². The van der Waals surface area contributed by atoms with Crippen molar-refractivity contribution < 1.29 is 9.84 Å². The second kappa shape index (κ2) is 5.09. The first-order valence-corrected chi connectivity index (χ1v) is 6.61. The molecule has 1 atom stereocenters. The Morgan fingerprint density at radius 3 is 2.61 bits per heavy atom. The molecule has 18 heavy (non-hydrogen) atoms. The minimum absolute atomic E-state index is 0.375. The lowest BCUT2D eigenvalue weighted by atomic mass is 9.96. The van der Waals surface area contributed by atoms with Gasteiger partial charge in [0, 0.05) is 0 Å². The smallest absolute Gasteiger partial charge is 0.102 e. The van der Waals surface area contributed by atoms with Gasteiger partial charge in [0.25, 0.3) is 0 Å². The zero-order valence-corrected chi connectivity index (χ0v) is 10.4. The van der Waals surface area contributed by atoms with Crippen LogP contribution in [0.25, 0.3) is 10.8 Å². The highest BCUT2D eigenvalue weighted by Gasteiger charge is 2.19. The molecule has 0 heterocycles. The molecule has 2 heteroatoms. The molecule has 0 spiro atoms. The molecule has 0 bridgehead atoms. The molecular formula is C16H18O2. The van der Waals surface area contributed by atoms with E-state index in [0.29, 0.717) is 12.7 Å². The van der Waals surface area contributed by atoms with E-state index in [2.05, 4.69) is 18.2 Å². The molecule has 1 fully saturated rings. The second-order valence-electron chi connectivity index (χ2n) is 5.01. The van der Waals surface area contributed by atoms with E-state index < -0.39 is 6.10 Å². The summed E-state index contributed by atoms with van der Waals surface area (Å²) in [4.78, 5) is 0. The van der Waals surface area contributed by atoms with Gasteiger partial charge in [-0.1, -0.05) is 36.4 Å². The van der Waals surface area contributed by atoms with Crippen molar-refractivity contribution in [3.05, 3.63) is 48.0 Å². The molecule has 1 N–H and O–H groups in total. The molecule has 0 saturated heterocycles. The Morgan fingerprint density at radius 1 is 1.11 bits per heavy atom. The Bertz CT molecular complexity index is 531. The van der Waals surface area contributed by atoms with Crippen LogP contribution < -0.4 is 0 Å². The van der Waals surface area contributed by atoms with Crippen LogP contribution in [-0.2, 0) is 4.74 Å². The summed E-state index contributed by atoms with van der Waals surface area (Å²) in [5.74, 6) is 0. The largest absolute Gasteiger partial charge is 0.386 e. The lowest BCUT2D eigenvalue weighted by Gasteiger charge is -2.26. The Labute approximate surface area is 107 Å². The van der Waals surface area contributed by atoms with Gasteiger partial charge in [0.1, 0.15) is 6.10 Å². The van der Waals surface area contributed by atoms with Crippen LogP contribution in [0.15, 0.2) is 42.5 Å². The van der Waals surface area contributed by atoms with Crippen molar-refractivity contribution in [3.8, 4) is 0 Å². The molecule has 1 aliphatic rings. The van der Waals surface area contributed by atoms with Gasteiger partial charge >= 0.3 is 0 Å². The molecule has 0 amide bonds. The first-order valence-electron chi connectivity index (χ1n) is 6.61. The highest BCUT2D eigenvalue weighted by molar-refractivity contribution is 5.83. The van der Waals surface area contributed by atoms with Crippen molar-refractivity contribution in [2.45, 2.75) is 31.5 Å². The third-order valence-electron chi connectivity index (χ3n) is 3.70. The third-order valence-corrected chi connectivity index (χ3v) is 3.70. The molecule has 1 aliphatic carbocycles. The molecule has 3 rings (SSSR count). The first kappa shape index (κ1) is 11.7. The molecule has 94 valence electrons. The number of hydrogen-bond donors (Lipinski definition) is 1. The summed E-state index contributed by atoms with van der Waals surface area (Å²) in [5, 5.41) is 12.5. The first-order chi connectivity index (χ1) is 8.83. The van der Waals surface area contributed by atoms with Crippen LogP contribution >= 0.6 is 0 Å². The summed E-state index contributed by atoms with van der Waals surface area (Å²) >= 11 is 0. The molecule has 1 saturated carbocycles. The maximum atomic E-state index is 10.1. The zero-order chi connectivity index (χ0) is 12.4. The lowest BCUT2D eigenvalue weighted by molar-refractivity contribution is -0.0426. The van der Waals surface area contributed by atoms with Crippen LogP contribution in [0, 0.1) is 0 Å². The van der Waals surface area contributed by atoms with Crippen molar-refractivity contribution in [2.75, 3.05) is 6.61 Å². The van der Waals surface area contributed by atoms with Gasteiger partial charge in [0.2, 0.25) is 0 Å². The number of fused-ring (bicyclic) bond motifs is 1. The van der Waals surface area contributed by atoms with Crippen LogP contribution in [0.4, 0.5) is 0 Å². The number of rotatable bonds is 4. The van der Waals surface area contributed by atoms with Gasteiger partial charge in [0.15, 0.2) is 0 Å². The standard InChI is InChI=1S/C16H18O2/c17-16(11-18-15-6-3-7-15)14-9-8-12-4-1-2-5-13(12)10-14/h1-2,4-5,8-10,15-17H,3,6-7,11H2. The molecule has 0 radical (unpaired) electrons. The molecule has 0 aromatic heterocycles. The van der Waals surface area contributed by atoms with E-state index in [4.69, 9.17) is 4.74 Å². The van der Waals surface area contributed by atoms with E-state index in [1.54, 1.807) is 0 Å². The third kappa shape index (κ3) is 2.40. The summed E-state index contributed by atoms with van der Waals surface area (Å²) in [7, 11) is 0. The van der Waals surface area contributed by atoms with E-state index >= 15 is 0 Å². The maximum Gasteiger partial charge on any atom is 0.102 e. The Kier molecular flexibility index (Phi) is 3.31. The van der Waals surface area contributed by atoms with Crippen molar-refractivity contribution in [1.29, 1.82) is 0 Å². The number of aliphatic hydroxyl groups is 1. The van der Waals surface area contributed by atoms with Crippen LogP contribution in [0.3, 0.4) is 0 Å². The normalized spacial score (nSPS) is 17.6. The number of ether oxygens (including phenoxy) is 1. The Morgan fingerprint density at radius 2 is 1.89 bits per heavy atom. The van der Waals surface area contributed by atoms with E-state index in [9.17, 15) is 5.11 Å². The van der Waals surface area contributed by atoms with Gasteiger partial charge in [0.05, 0.1) is 12.7 Å². The van der Waals surface area contributed by atoms with Crippen LogP contribution in [0.5, 0.6) is 0 Å². The minimum atomic E-state index is -0.518. The SMILES string of the molecule is OC(COC1CCC1)c1ccc2ccccc2c1. The fourth-order valence-corrected chi connectivity index (χ4v) is 2.28. The van der Waals surface area contributed by atoms with Gasteiger partial charge in [-0.3, -0.25) is 0 Å². The molecule has 1 unspecified atom stereocenters. The highest BCUT2D eigenvalue weighted by Crippen LogP contribution is 2.25. The Hall–Kier alpha value is -1.38. The minimum Gasteiger partial charge on any atom is -0.386 e. The fourth-order valence-electron chi connectivity index (χ4n) is 2.28. The second-order valence-corrected chi connectivity index (χ2v) is 5.01. The molecule has 0 aliphatic heterocycles. The molecule has 2 aromatic carbocycles. The van der Waals surface area contributed by atoms with Crippen LogP contribution in [-0.4, -0.2) is 17.8 Å². The predicted molar refractivity (Wildman–Crippen MR) is 72.5 cm³/mol. The summed E-state index contributed by atoms with van der Waals surface area (Å²) < 4.78 is 5.66. The highest BCUT2D eigenvalue weighted by atomic mass is 16.5. The number of aliphatic hydroxyl groups excluding tert-OH is 1. The van der Waals surface area contributed by atoms with Crippen molar-refractivity contribution in [1.82, 2.24) is 0 Å². The predicted octanol–water partition coefficient (Wildman–Crippen LogP) is 3.44. The summed E-state index contributed by atoms with van der Waals surface area (Å²) in [6.45, 7) is 0.406. The molecule has 2 aromatic rings. The van der Waals surface area contributed by atoms with Crippen LogP contribution in [0.1, 0.15) is 30.9 Å². The Balaban J connectivity index is 1.71. The summed E-state index contributed by atoms with van der Waals surface area (Å²) in [6.07, 6.45) is 3.40. The van der Waals surface area contributed by atoms with Gasteiger partial charge < -0.3 is 9.84 Å². The average molecular weight is 242 g/mol. The van der Waals surface area contributed by atoms with Crippen molar-refractivity contribution >= 4 is 10.8 Å². The summed E-state index contributed by atoms with van der Waals surface area (Å²) in [6, 6.07) is 14.3. The van der Waals surface area contributed by atoms with Gasteiger partial charge in [-0.05, 0) is 41.7 Å². The van der Waals surface area contributed by atoms with E-state index in [1.807, 2.05) is 24.3 Å². The average Bonchev–Trinajstić information content (AvgIpc) is 2.36. The lowest BCUT2D eigenvalue weighted by Crippen LogP contribution is -2.24. The number of hydrogen-bond acceptors (Lipinski definition) is 2. The van der Waals surface area contributed by atoms with E-state index in [1.165, 1.54) is 11.8 Å². The molecule has 2 nitrogen and oxygen atoms in total. The van der Waals surface area contributed by atoms with Crippen molar-refractivity contribution in [2.24, 2.45) is 0 Å².